The van der Waals surface area contributed by atoms with Crippen LogP contribution in [0.3, 0.4) is 0 Å². The zero-order valence-electron chi connectivity index (χ0n) is 29.7. The van der Waals surface area contributed by atoms with Gasteiger partial charge in [-0.05, 0) is 93.2 Å². The van der Waals surface area contributed by atoms with Crippen molar-refractivity contribution < 1.29 is 0 Å². The Morgan fingerprint density at radius 2 is 0.759 bits per heavy atom. The van der Waals surface area contributed by atoms with E-state index in [4.69, 9.17) is 0 Å². The molecule has 0 fully saturated rings. The zero-order chi connectivity index (χ0) is 35.8. The van der Waals surface area contributed by atoms with Crippen molar-refractivity contribution in [3.05, 3.63) is 218 Å². The highest BCUT2D eigenvalue weighted by Crippen LogP contribution is 2.41. The SMILES string of the molecule is c1ccc(-c2ccc(N(c3ccc(-c4ccccc4)cc3)c3ccc(-c4ccccc4-n4c5ccccc5c5c6ccccc6ccc54)cc3)cc2)cc1. The Kier molecular flexibility index (Phi) is 7.85. The van der Waals surface area contributed by atoms with Crippen LogP contribution in [0.4, 0.5) is 17.1 Å². The van der Waals surface area contributed by atoms with Gasteiger partial charge in [-0.2, -0.15) is 0 Å². The van der Waals surface area contributed by atoms with E-state index in [-0.39, 0.29) is 0 Å². The topological polar surface area (TPSA) is 8.17 Å². The van der Waals surface area contributed by atoms with Crippen LogP contribution >= 0.6 is 0 Å². The summed E-state index contributed by atoms with van der Waals surface area (Å²) in [5.74, 6) is 0. The average molecular weight is 689 g/mol. The quantitative estimate of drug-likeness (QED) is 0.162. The lowest BCUT2D eigenvalue weighted by molar-refractivity contribution is 1.18. The summed E-state index contributed by atoms with van der Waals surface area (Å²) < 4.78 is 2.44. The van der Waals surface area contributed by atoms with E-state index in [0.29, 0.717) is 0 Å². The van der Waals surface area contributed by atoms with Crippen LogP contribution < -0.4 is 4.90 Å². The van der Waals surface area contributed by atoms with E-state index in [9.17, 15) is 0 Å². The maximum atomic E-state index is 2.44. The summed E-state index contributed by atoms with van der Waals surface area (Å²) in [6.07, 6.45) is 0. The summed E-state index contributed by atoms with van der Waals surface area (Å²) in [5.41, 5.74) is 14.1. The van der Waals surface area contributed by atoms with Gasteiger partial charge in [-0.1, -0.05) is 164 Å². The lowest BCUT2D eigenvalue weighted by Gasteiger charge is -2.26. The molecule has 1 aromatic heterocycles. The van der Waals surface area contributed by atoms with Gasteiger partial charge in [0.05, 0.1) is 16.7 Å². The molecule has 54 heavy (non-hydrogen) atoms. The Morgan fingerprint density at radius 1 is 0.296 bits per heavy atom. The molecule has 0 N–H and O–H groups in total. The highest BCUT2D eigenvalue weighted by Gasteiger charge is 2.18. The molecule has 10 rings (SSSR count). The Hall–Kier alpha value is -7.16. The first-order chi connectivity index (χ1) is 26.8. The van der Waals surface area contributed by atoms with Crippen molar-refractivity contribution in [2.75, 3.05) is 4.90 Å². The number of fused-ring (bicyclic) bond motifs is 5. The molecular formula is C52H36N2. The van der Waals surface area contributed by atoms with Gasteiger partial charge in [0.25, 0.3) is 0 Å². The maximum absolute atomic E-state index is 2.44. The van der Waals surface area contributed by atoms with Crippen molar-refractivity contribution in [3.8, 4) is 39.1 Å². The molecule has 254 valence electrons. The summed E-state index contributed by atoms with van der Waals surface area (Å²) in [7, 11) is 0. The molecule has 9 aromatic carbocycles. The van der Waals surface area contributed by atoms with E-state index in [1.54, 1.807) is 0 Å². The highest BCUT2D eigenvalue weighted by molar-refractivity contribution is 6.21. The zero-order valence-corrected chi connectivity index (χ0v) is 29.7. The van der Waals surface area contributed by atoms with E-state index >= 15 is 0 Å². The van der Waals surface area contributed by atoms with Crippen LogP contribution in [-0.4, -0.2) is 4.57 Å². The summed E-state index contributed by atoms with van der Waals surface area (Å²) >= 11 is 0. The van der Waals surface area contributed by atoms with Crippen molar-refractivity contribution in [1.82, 2.24) is 4.57 Å². The van der Waals surface area contributed by atoms with Crippen molar-refractivity contribution >= 4 is 49.6 Å². The van der Waals surface area contributed by atoms with Crippen LogP contribution in [-0.2, 0) is 0 Å². The van der Waals surface area contributed by atoms with E-state index in [1.807, 2.05) is 0 Å². The normalized spacial score (nSPS) is 11.3. The number of hydrogen-bond acceptors (Lipinski definition) is 1. The van der Waals surface area contributed by atoms with Gasteiger partial charge in [-0.25, -0.2) is 0 Å². The first-order valence-corrected chi connectivity index (χ1v) is 18.5. The third kappa shape index (κ3) is 5.53. The molecule has 0 aliphatic heterocycles. The number of benzene rings is 9. The number of rotatable bonds is 7. The Balaban J connectivity index is 1.08. The lowest BCUT2D eigenvalue weighted by atomic mass is 10.0. The smallest absolute Gasteiger partial charge is 0.0547 e. The van der Waals surface area contributed by atoms with Crippen LogP contribution in [0.25, 0.3) is 71.6 Å². The Labute approximate surface area is 315 Å². The van der Waals surface area contributed by atoms with Crippen LogP contribution in [0.15, 0.2) is 218 Å². The predicted molar refractivity (Wildman–Crippen MR) is 229 cm³/mol. The molecule has 0 aliphatic rings. The van der Waals surface area contributed by atoms with Gasteiger partial charge in [0.1, 0.15) is 0 Å². The highest BCUT2D eigenvalue weighted by atomic mass is 15.1. The lowest BCUT2D eigenvalue weighted by Crippen LogP contribution is -2.09. The first-order valence-electron chi connectivity index (χ1n) is 18.5. The first kappa shape index (κ1) is 31.6. The average Bonchev–Trinajstić information content (AvgIpc) is 3.60. The Bertz CT molecular complexity index is 2810. The molecule has 0 amide bonds. The van der Waals surface area contributed by atoms with Crippen LogP contribution in [0.5, 0.6) is 0 Å². The molecule has 0 unspecified atom stereocenters. The molecule has 0 saturated carbocycles. The fourth-order valence-electron chi connectivity index (χ4n) is 8.02. The minimum atomic E-state index is 1.10. The van der Waals surface area contributed by atoms with Crippen molar-refractivity contribution in [2.24, 2.45) is 0 Å². The molecule has 1 heterocycles. The van der Waals surface area contributed by atoms with Crippen LogP contribution in [0.2, 0.25) is 0 Å². The molecule has 0 bridgehead atoms. The van der Waals surface area contributed by atoms with Gasteiger partial charge in [0, 0.05) is 33.4 Å². The summed E-state index contributed by atoms with van der Waals surface area (Å²) in [4.78, 5) is 2.34. The van der Waals surface area contributed by atoms with Crippen LogP contribution in [0, 0.1) is 0 Å². The van der Waals surface area contributed by atoms with Crippen molar-refractivity contribution in [2.45, 2.75) is 0 Å². The second-order valence-electron chi connectivity index (χ2n) is 13.8. The van der Waals surface area contributed by atoms with Crippen LogP contribution in [0.1, 0.15) is 0 Å². The van der Waals surface area contributed by atoms with Gasteiger partial charge in [0.2, 0.25) is 0 Å². The number of aromatic nitrogens is 1. The van der Waals surface area contributed by atoms with E-state index in [0.717, 1.165) is 22.7 Å². The molecular weight excluding hydrogens is 653 g/mol. The van der Waals surface area contributed by atoms with Gasteiger partial charge in [0.15, 0.2) is 0 Å². The fraction of sp³-hybridized carbons (Fsp3) is 0. The molecule has 2 heteroatoms. The predicted octanol–water partition coefficient (Wildman–Crippen LogP) is 14.4. The van der Waals surface area contributed by atoms with Gasteiger partial charge in [-0.3, -0.25) is 0 Å². The monoisotopic (exact) mass is 688 g/mol. The Morgan fingerprint density at radius 3 is 1.37 bits per heavy atom. The molecule has 0 atom stereocenters. The molecule has 0 saturated heterocycles. The molecule has 0 radical (unpaired) electrons. The summed E-state index contributed by atoms with van der Waals surface area (Å²) in [5, 5.41) is 5.09. The van der Waals surface area contributed by atoms with Crippen molar-refractivity contribution in [1.29, 1.82) is 0 Å². The largest absolute Gasteiger partial charge is 0.311 e. The molecule has 0 aliphatic carbocycles. The van der Waals surface area contributed by atoms with Gasteiger partial charge >= 0.3 is 0 Å². The van der Waals surface area contributed by atoms with Crippen molar-refractivity contribution in [3.63, 3.8) is 0 Å². The third-order valence-electron chi connectivity index (χ3n) is 10.6. The fourth-order valence-corrected chi connectivity index (χ4v) is 8.02. The number of para-hydroxylation sites is 2. The van der Waals surface area contributed by atoms with Gasteiger partial charge < -0.3 is 9.47 Å². The number of hydrogen-bond donors (Lipinski definition) is 0. The molecule has 2 nitrogen and oxygen atoms in total. The van der Waals surface area contributed by atoms with Gasteiger partial charge in [-0.15, -0.1) is 0 Å². The molecule has 10 aromatic rings. The summed E-state index contributed by atoms with van der Waals surface area (Å²) in [6, 6.07) is 78.7. The minimum Gasteiger partial charge on any atom is -0.311 e. The number of nitrogens with zero attached hydrogens (tertiary/aromatic N) is 2. The van der Waals surface area contributed by atoms with E-state index in [1.165, 1.54) is 66.0 Å². The maximum Gasteiger partial charge on any atom is 0.0547 e. The third-order valence-corrected chi connectivity index (χ3v) is 10.6. The summed E-state index contributed by atoms with van der Waals surface area (Å²) in [6.45, 7) is 0. The second-order valence-corrected chi connectivity index (χ2v) is 13.8. The second kappa shape index (κ2) is 13.4. The number of anilines is 3. The standard InChI is InChI=1S/C52H36N2/c1-3-13-37(14-4-1)39-23-30-43(31-24-39)53(44-32-25-40(26-33-44)38-15-5-2-6-16-38)45-34-27-42(28-35-45)46-18-9-11-21-49(46)54-50-22-12-10-20-48(50)52-47-19-8-7-17-41(47)29-36-51(52)54/h1-36H. The molecule has 0 spiro atoms. The van der Waals surface area contributed by atoms with E-state index < -0.39 is 0 Å². The van der Waals surface area contributed by atoms with E-state index in [2.05, 4.69) is 228 Å². The minimum absolute atomic E-state index is 1.10.